The summed E-state index contributed by atoms with van der Waals surface area (Å²) in [6.45, 7) is 2.40. The van der Waals surface area contributed by atoms with Gasteiger partial charge in [0.15, 0.2) is 0 Å². The molecule has 1 saturated carbocycles. The third kappa shape index (κ3) is 5.50. The summed E-state index contributed by atoms with van der Waals surface area (Å²) in [5.41, 5.74) is 1.89. The molecule has 2 N–H and O–H groups in total. The monoisotopic (exact) mass is 396 g/mol. The minimum atomic E-state index is -0.307. The molecule has 6 nitrogen and oxygen atoms in total. The van der Waals surface area contributed by atoms with Gasteiger partial charge in [0.25, 0.3) is 0 Å². The predicted octanol–water partition coefficient (Wildman–Crippen LogP) is 3.07. The lowest BCUT2D eigenvalue weighted by Crippen LogP contribution is -2.34. The zero-order valence-corrected chi connectivity index (χ0v) is 17.1. The molecule has 29 heavy (non-hydrogen) atoms. The average molecular weight is 396 g/mol. The number of amides is 2. The maximum atomic E-state index is 12.6. The van der Waals surface area contributed by atoms with E-state index >= 15 is 0 Å². The Morgan fingerprint density at radius 1 is 0.966 bits per heavy atom. The van der Waals surface area contributed by atoms with E-state index in [1.807, 2.05) is 48.5 Å². The van der Waals surface area contributed by atoms with Gasteiger partial charge in [0.2, 0.25) is 11.8 Å². The first-order chi connectivity index (χ1) is 14.0. The van der Waals surface area contributed by atoms with Gasteiger partial charge in [-0.05, 0) is 47.7 Å². The second-order valence-corrected chi connectivity index (χ2v) is 7.41. The van der Waals surface area contributed by atoms with Crippen LogP contribution in [-0.4, -0.2) is 32.6 Å². The van der Waals surface area contributed by atoms with E-state index in [1.54, 1.807) is 14.2 Å². The van der Waals surface area contributed by atoms with Crippen LogP contribution in [0.3, 0.4) is 0 Å². The highest BCUT2D eigenvalue weighted by molar-refractivity contribution is 5.82. The Balaban J connectivity index is 1.66. The highest BCUT2D eigenvalue weighted by atomic mass is 16.5. The molecule has 0 spiro atoms. The summed E-state index contributed by atoms with van der Waals surface area (Å²) in [4.78, 5) is 24.5. The fourth-order valence-corrected chi connectivity index (χ4v) is 3.30. The van der Waals surface area contributed by atoms with Crippen LogP contribution < -0.4 is 20.1 Å². The Labute approximate surface area is 171 Å². The Morgan fingerprint density at radius 2 is 1.45 bits per heavy atom. The van der Waals surface area contributed by atoms with E-state index < -0.39 is 0 Å². The van der Waals surface area contributed by atoms with Gasteiger partial charge in [-0.15, -0.1) is 0 Å². The van der Waals surface area contributed by atoms with Crippen LogP contribution in [0.4, 0.5) is 0 Å². The lowest BCUT2D eigenvalue weighted by atomic mass is 9.98. The number of carbonyl (C=O) groups is 2. The third-order valence-electron chi connectivity index (χ3n) is 5.30. The van der Waals surface area contributed by atoms with Crippen LogP contribution in [0, 0.1) is 11.8 Å². The fourth-order valence-electron chi connectivity index (χ4n) is 3.30. The molecule has 0 aliphatic heterocycles. The quantitative estimate of drug-likeness (QED) is 0.683. The van der Waals surface area contributed by atoms with E-state index in [9.17, 15) is 9.59 Å². The average Bonchev–Trinajstić information content (AvgIpc) is 3.49. The zero-order valence-electron chi connectivity index (χ0n) is 17.1. The lowest BCUT2D eigenvalue weighted by molar-refractivity contribution is -0.123. The van der Waals surface area contributed by atoms with Crippen molar-refractivity contribution in [3.8, 4) is 11.5 Å². The molecule has 0 radical (unpaired) electrons. The first kappa shape index (κ1) is 20.7. The zero-order chi connectivity index (χ0) is 20.8. The summed E-state index contributed by atoms with van der Waals surface area (Å²) in [5.74, 6) is 2.01. The largest absolute Gasteiger partial charge is 0.497 e. The van der Waals surface area contributed by atoms with Gasteiger partial charge in [-0.2, -0.15) is 0 Å². The van der Waals surface area contributed by atoms with Crippen LogP contribution in [0.5, 0.6) is 11.5 Å². The summed E-state index contributed by atoms with van der Waals surface area (Å²) in [5, 5.41) is 5.94. The number of hydrogen-bond donors (Lipinski definition) is 2. The molecule has 2 unspecified atom stereocenters. The summed E-state index contributed by atoms with van der Waals surface area (Å²) >= 11 is 0. The SMILES string of the molecule is COc1ccc(C(NC(=O)CCNC(=O)C2CC2C)c2ccc(OC)cc2)cc1. The first-order valence-electron chi connectivity index (χ1n) is 9.86. The van der Waals surface area contributed by atoms with E-state index in [0.717, 1.165) is 29.0 Å². The molecule has 2 atom stereocenters. The highest BCUT2D eigenvalue weighted by Crippen LogP contribution is 2.37. The van der Waals surface area contributed by atoms with Crippen molar-refractivity contribution in [1.82, 2.24) is 10.6 Å². The molecule has 2 amide bonds. The highest BCUT2D eigenvalue weighted by Gasteiger charge is 2.38. The third-order valence-corrected chi connectivity index (χ3v) is 5.30. The molecule has 1 aliphatic carbocycles. The Bertz CT molecular complexity index is 785. The summed E-state index contributed by atoms with van der Waals surface area (Å²) in [6.07, 6.45) is 1.17. The number of carbonyl (C=O) groups excluding carboxylic acids is 2. The molecule has 6 heteroatoms. The van der Waals surface area contributed by atoms with Crippen LogP contribution in [-0.2, 0) is 9.59 Å². The van der Waals surface area contributed by atoms with E-state index in [4.69, 9.17) is 9.47 Å². The van der Waals surface area contributed by atoms with Crippen molar-refractivity contribution in [3.05, 3.63) is 59.7 Å². The Morgan fingerprint density at radius 3 is 1.86 bits per heavy atom. The number of nitrogens with one attached hydrogen (secondary N) is 2. The van der Waals surface area contributed by atoms with Crippen molar-refractivity contribution in [3.63, 3.8) is 0 Å². The lowest BCUT2D eigenvalue weighted by Gasteiger charge is -2.20. The Hall–Kier alpha value is -3.02. The maximum Gasteiger partial charge on any atom is 0.223 e. The topological polar surface area (TPSA) is 76.7 Å². The molecule has 1 aliphatic rings. The minimum Gasteiger partial charge on any atom is -0.497 e. The van der Waals surface area contributed by atoms with Crippen LogP contribution in [0.25, 0.3) is 0 Å². The van der Waals surface area contributed by atoms with Gasteiger partial charge in [0.1, 0.15) is 11.5 Å². The second kappa shape index (κ2) is 9.45. The van der Waals surface area contributed by atoms with Crippen LogP contribution in [0.1, 0.15) is 36.9 Å². The smallest absolute Gasteiger partial charge is 0.223 e. The van der Waals surface area contributed by atoms with Crippen LogP contribution >= 0.6 is 0 Å². The molecule has 154 valence electrons. The van der Waals surface area contributed by atoms with Gasteiger partial charge >= 0.3 is 0 Å². The molecule has 0 aromatic heterocycles. The van der Waals surface area contributed by atoms with Gasteiger partial charge in [0.05, 0.1) is 20.3 Å². The second-order valence-electron chi connectivity index (χ2n) is 7.41. The van der Waals surface area contributed by atoms with Crippen LogP contribution in [0.2, 0.25) is 0 Å². The van der Waals surface area contributed by atoms with Gasteiger partial charge in [-0.1, -0.05) is 31.2 Å². The molecular formula is C23H28N2O4. The normalized spacial score (nSPS) is 17.5. The number of benzene rings is 2. The molecule has 2 aromatic rings. The van der Waals surface area contributed by atoms with Gasteiger partial charge in [-0.25, -0.2) is 0 Å². The van der Waals surface area contributed by atoms with Gasteiger partial charge in [0, 0.05) is 18.9 Å². The van der Waals surface area contributed by atoms with Crippen molar-refractivity contribution >= 4 is 11.8 Å². The maximum absolute atomic E-state index is 12.6. The molecule has 2 aromatic carbocycles. The number of methoxy groups -OCH3 is 2. The molecule has 3 rings (SSSR count). The molecule has 0 bridgehead atoms. The van der Waals surface area contributed by atoms with Crippen molar-refractivity contribution in [2.75, 3.05) is 20.8 Å². The summed E-state index contributed by atoms with van der Waals surface area (Å²) < 4.78 is 10.5. The van der Waals surface area contributed by atoms with Crippen molar-refractivity contribution in [2.45, 2.75) is 25.8 Å². The minimum absolute atomic E-state index is 0.0483. The van der Waals surface area contributed by atoms with Crippen molar-refractivity contribution in [1.29, 1.82) is 0 Å². The molecule has 1 fully saturated rings. The van der Waals surface area contributed by atoms with Gasteiger partial charge in [-0.3, -0.25) is 9.59 Å². The summed E-state index contributed by atoms with van der Waals surface area (Å²) in [7, 11) is 3.24. The van der Waals surface area contributed by atoms with Crippen molar-refractivity contribution in [2.24, 2.45) is 11.8 Å². The number of hydrogen-bond acceptors (Lipinski definition) is 4. The summed E-state index contributed by atoms with van der Waals surface area (Å²) in [6, 6.07) is 14.9. The first-order valence-corrected chi connectivity index (χ1v) is 9.86. The number of rotatable bonds is 9. The predicted molar refractivity (Wildman–Crippen MR) is 111 cm³/mol. The molecule has 0 heterocycles. The van der Waals surface area contributed by atoms with Crippen LogP contribution in [0.15, 0.2) is 48.5 Å². The fraction of sp³-hybridized carbons (Fsp3) is 0.391. The standard InChI is InChI=1S/C23H28N2O4/c1-15-14-20(15)23(27)24-13-12-21(26)25-22(16-4-8-18(28-2)9-5-16)17-6-10-19(29-3)11-7-17/h4-11,15,20,22H,12-14H2,1-3H3,(H,24,27)(H,25,26). The van der Waals surface area contributed by atoms with E-state index in [1.165, 1.54) is 0 Å². The van der Waals surface area contributed by atoms with Crippen molar-refractivity contribution < 1.29 is 19.1 Å². The van der Waals surface area contributed by atoms with E-state index in [-0.39, 0.29) is 30.2 Å². The Kier molecular flexibility index (Phi) is 6.75. The number of ether oxygens (including phenoxy) is 2. The molecular weight excluding hydrogens is 368 g/mol. The van der Waals surface area contributed by atoms with Gasteiger partial charge < -0.3 is 20.1 Å². The van der Waals surface area contributed by atoms with E-state index in [2.05, 4.69) is 17.6 Å². The molecule has 0 saturated heterocycles. The van der Waals surface area contributed by atoms with E-state index in [0.29, 0.717) is 12.5 Å².